The van der Waals surface area contributed by atoms with Crippen molar-refractivity contribution in [1.82, 2.24) is 4.98 Å². The first-order valence-electron chi connectivity index (χ1n) is 9.57. The van der Waals surface area contributed by atoms with Crippen molar-refractivity contribution in [2.45, 2.75) is 12.7 Å². The van der Waals surface area contributed by atoms with Crippen LogP contribution in [0.2, 0.25) is 5.02 Å². The van der Waals surface area contributed by atoms with E-state index in [2.05, 4.69) is 11.1 Å². The van der Waals surface area contributed by atoms with Crippen molar-refractivity contribution >= 4 is 39.1 Å². The van der Waals surface area contributed by atoms with E-state index in [1.165, 1.54) is 7.11 Å². The number of nitriles is 1. The Morgan fingerprint density at radius 2 is 2.03 bits per heavy atom. The summed E-state index contributed by atoms with van der Waals surface area (Å²) in [5.41, 5.74) is 4.42. The zero-order chi connectivity index (χ0) is 22.5. The lowest BCUT2D eigenvalue weighted by atomic mass is 10.1. The number of nitrogens with zero attached hydrogens (tertiary/aromatic N) is 2. The molecule has 0 aliphatic heterocycles. The van der Waals surface area contributed by atoms with Gasteiger partial charge in [0.05, 0.1) is 28.4 Å². The molecule has 0 fully saturated rings. The van der Waals surface area contributed by atoms with Crippen LogP contribution in [0, 0.1) is 11.3 Å². The number of hydrogen-bond donors (Lipinski definition) is 0. The Balaban J connectivity index is 1.58. The van der Waals surface area contributed by atoms with Crippen molar-refractivity contribution in [1.29, 1.82) is 5.26 Å². The molecule has 4 aromatic rings. The highest BCUT2D eigenvalue weighted by molar-refractivity contribution is 7.16. The maximum atomic E-state index is 12.4. The predicted octanol–water partition coefficient (Wildman–Crippen LogP) is 5.69. The summed E-state index contributed by atoms with van der Waals surface area (Å²) < 4.78 is 17.8. The number of aromatic nitrogens is 1. The molecule has 0 bridgehead atoms. The molecule has 0 saturated carbocycles. The Hall–Kier alpha value is -3.60. The minimum atomic E-state index is -1.13. The van der Waals surface area contributed by atoms with E-state index in [1.54, 1.807) is 59.3 Å². The van der Waals surface area contributed by atoms with Crippen molar-refractivity contribution in [2.24, 2.45) is 0 Å². The van der Waals surface area contributed by atoms with Gasteiger partial charge >= 0.3 is 5.97 Å². The largest absolute Gasteiger partial charge is 0.489 e. The lowest BCUT2D eigenvalue weighted by Gasteiger charge is -2.19. The van der Waals surface area contributed by atoms with E-state index in [0.717, 1.165) is 15.8 Å². The summed E-state index contributed by atoms with van der Waals surface area (Å²) >= 11 is 7.82. The fraction of sp³-hybridized carbons (Fsp3) is 0.125. The molecule has 0 amide bonds. The average molecular weight is 465 g/mol. The molecule has 8 heteroatoms. The molecule has 4 rings (SSSR count). The molecular weight excluding hydrogens is 448 g/mol. The first-order chi connectivity index (χ1) is 15.6. The second kappa shape index (κ2) is 9.69. The van der Waals surface area contributed by atoms with Gasteiger partial charge in [0.1, 0.15) is 24.2 Å². The van der Waals surface area contributed by atoms with Crippen molar-refractivity contribution < 1.29 is 19.0 Å². The molecule has 0 N–H and O–H groups in total. The van der Waals surface area contributed by atoms with Gasteiger partial charge in [-0.25, -0.2) is 9.78 Å². The van der Waals surface area contributed by atoms with Gasteiger partial charge in [-0.2, -0.15) is 5.26 Å². The molecule has 160 valence electrons. The number of halogens is 1. The molecule has 1 unspecified atom stereocenters. The quantitative estimate of drug-likeness (QED) is 0.326. The van der Waals surface area contributed by atoms with Crippen molar-refractivity contribution in [3.05, 3.63) is 87.9 Å². The molecule has 0 spiro atoms. The maximum absolute atomic E-state index is 12.4. The monoisotopic (exact) mass is 464 g/mol. The molecule has 1 atom stereocenters. The van der Waals surface area contributed by atoms with Crippen molar-refractivity contribution in [2.75, 3.05) is 7.11 Å². The molecule has 3 aromatic carbocycles. The Morgan fingerprint density at radius 3 is 2.81 bits per heavy atom. The van der Waals surface area contributed by atoms with Crippen LogP contribution in [-0.2, 0) is 16.1 Å². The summed E-state index contributed by atoms with van der Waals surface area (Å²) in [6.07, 6.45) is -1.13. The fourth-order valence-corrected chi connectivity index (χ4v) is 4.07. The molecule has 0 saturated heterocycles. The van der Waals surface area contributed by atoms with Crippen LogP contribution in [0.1, 0.15) is 22.8 Å². The first kappa shape index (κ1) is 21.6. The molecule has 32 heavy (non-hydrogen) atoms. The molecule has 1 heterocycles. The van der Waals surface area contributed by atoms with Crippen LogP contribution in [0.3, 0.4) is 0 Å². The van der Waals surface area contributed by atoms with Crippen LogP contribution in [0.5, 0.6) is 11.5 Å². The third-order valence-electron chi connectivity index (χ3n) is 4.72. The number of ether oxygens (including phenoxy) is 3. The van der Waals surface area contributed by atoms with E-state index < -0.39 is 12.1 Å². The summed E-state index contributed by atoms with van der Waals surface area (Å²) in [5.74, 6) is 0.0515. The van der Waals surface area contributed by atoms with E-state index in [1.807, 2.05) is 18.2 Å². The summed E-state index contributed by atoms with van der Waals surface area (Å²) in [6, 6.07) is 19.7. The van der Waals surface area contributed by atoms with Crippen molar-refractivity contribution in [3.63, 3.8) is 0 Å². The highest BCUT2D eigenvalue weighted by Crippen LogP contribution is 2.33. The highest BCUT2D eigenvalue weighted by Gasteiger charge is 2.27. The van der Waals surface area contributed by atoms with E-state index >= 15 is 0 Å². The summed E-state index contributed by atoms with van der Waals surface area (Å²) in [6.45, 7) is 0.324. The standard InChI is InChI=1S/C24H17ClN2O4S/c1-29-24(28)23(18-4-2-3-5-19(18)25)31-21-11-17(8-7-16(21)12-26)30-13-15-6-9-20-22(10-15)32-14-27-20/h2-11,14,23H,13H2,1H3. The number of esters is 1. The lowest BCUT2D eigenvalue weighted by Crippen LogP contribution is -2.21. The van der Waals surface area contributed by atoms with Crippen LogP contribution in [0.15, 0.2) is 66.2 Å². The van der Waals surface area contributed by atoms with Gasteiger partial charge in [-0.1, -0.05) is 35.9 Å². The van der Waals surface area contributed by atoms with Gasteiger partial charge in [0.2, 0.25) is 6.10 Å². The molecular formula is C24H17ClN2O4S. The number of rotatable bonds is 7. The third kappa shape index (κ3) is 4.67. The SMILES string of the molecule is COC(=O)C(Oc1cc(OCc2ccc3ncsc3c2)ccc1C#N)c1ccccc1Cl. The number of benzene rings is 3. The summed E-state index contributed by atoms with van der Waals surface area (Å²) in [7, 11) is 1.26. The number of carbonyl (C=O) groups is 1. The van der Waals surface area contributed by atoms with Crippen LogP contribution >= 0.6 is 22.9 Å². The lowest BCUT2D eigenvalue weighted by molar-refractivity contribution is -0.149. The normalized spacial score (nSPS) is 11.5. The molecule has 0 radical (unpaired) electrons. The van der Waals surface area contributed by atoms with E-state index in [9.17, 15) is 10.1 Å². The van der Waals surface area contributed by atoms with Gasteiger partial charge in [0.15, 0.2) is 0 Å². The summed E-state index contributed by atoms with van der Waals surface area (Å²) in [4.78, 5) is 16.7. The number of thiazole rings is 1. The van der Waals surface area contributed by atoms with Crippen molar-refractivity contribution in [3.8, 4) is 17.6 Å². The second-order valence-corrected chi connectivity index (χ2v) is 8.05. The van der Waals surface area contributed by atoms with Gasteiger partial charge < -0.3 is 14.2 Å². The van der Waals surface area contributed by atoms with Gasteiger partial charge in [0, 0.05) is 16.7 Å². The van der Waals surface area contributed by atoms with E-state index in [-0.39, 0.29) is 11.3 Å². The average Bonchev–Trinajstić information content (AvgIpc) is 3.29. The zero-order valence-electron chi connectivity index (χ0n) is 16.9. The summed E-state index contributed by atoms with van der Waals surface area (Å²) in [5, 5.41) is 9.87. The predicted molar refractivity (Wildman–Crippen MR) is 122 cm³/mol. The van der Waals surface area contributed by atoms with Crippen LogP contribution in [-0.4, -0.2) is 18.1 Å². The van der Waals surface area contributed by atoms with Gasteiger partial charge in [0.25, 0.3) is 0 Å². The number of carbonyl (C=O) groups excluding carboxylic acids is 1. The molecule has 6 nitrogen and oxygen atoms in total. The minimum Gasteiger partial charge on any atom is -0.489 e. The Morgan fingerprint density at radius 1 is 1.19 bits per heavy atom. The number of fused-ring (bicyclic) bond motifs is 1. The minimum absolute atomic E-state index is 0.193. The topological polar surface area (TPSA) is 81.4 Å². The highest BCUT2D eigenvalue weighted by atomic mass is 35.5. The molecule has 1 aromatic heterocycles. The van der Waals surface area contributed by atoms with E-state index in [0.29, 0.717) is 22.9 Å². The fourth-order valence-electron chi connectivity index (χ4n) is 3.10. The molecule has 0 aliphatic rings. The van der Waals surface area contributed by atoms with Crippen LogP contribution in [0.25, 0.3) is 10.2 Å². The van der Waals surface area contributed by atoms with Gasteiger partial charge in [-0.15, -0.1) is 11.3 Å². The van der Waals surface area contributed by atoms with E-state index in [4.69, 9.17) is 25.8 Å². The second-order valence-electron chi connectivity index (χ2n) is 6.76. The van der Waals surface area contributed by atoms with Crippen LogP contribution < -0.4 is 9.47 Å². The van der Waals surface area contributed by atoms with Gasteiger partial charge in [-0.3, -0.25) is 0 Å². The Bertz CT molecular complexity index is 1310. The Kier molecular flexibility index (Phi) is 6.55. The Labute approximate surface area is 193 Å². The first-order valence-corrected chi connectivity index (χ1v) is 10.8. The number of hydrogen-bond acceptors (Lipinski definition) is 7. The van der Waals surface area contributed by atoms with Crippen LogP contribution in [0.4, 0.5) is 0 Å². The number of methoxy groups -OCH3 is 1. The smallest absolute Gasteiger partial charge is 0.351 e. The molecule has 0 aliphatic carbocycles. The third-order valence-corrected chi connectivity index (χ3v) is 5.86. The van der Waals surface area contributed by atoms with Gasteiger partial charge in [-0.05, 0) is 35.9 Å². The zero-order valence-corrected chi connectivity index (χ0v) is 18.5. The maximum Gasteiger partial charge on any atom is 0.351 e.